The molecule has 0 aromatic rings. The zero-order valence-electron chi connectivity index (χ0n) is 33.8. The molecule has 0 aromatic heterocycles. The van der Waals surface area contributed by atoms with Gasteiger partial charge in [0.05, 0.1) is 39.6 Å². The first kappa shape index (κ1) is 43.4. The highest BCUT2D eigenvalue weighted by Crippen LogP contribution is 2.39. The van der Waals surface area contributed by atoms with Crippen LogP contribution in [0.2, 0.25) is 0 Å². The first-order valence-corrected chi connectivity index (χ1v) is 22.5. The van der Waals surface area contributed by atoms with E-state index < -0.39 is 12.6 Å². The molecule has 54 heavy (non-hydrogen) atoms. The molecule has 0 radical (unpaired) electrons. The zero-order chi connectivity index (χ0) is 37.8. The molecule has 2 atom stereocenters. The van der Waals surface area contributed by atoms with Gasteiger partial charge < -0.3 is 28.4 Å². The first-order chi connectivity index (χ1) is 26.5. The second-order valence-electron chi connectivity index (χ2n) is 17.9. The van der Waals surface area contributed by atoms with Crippen molar-refractivity contribution >= 4 is 11.9 Å². The van der Waals surface area contributed by atoms with Crippen LogP contribution in [0, 0.1) is 47.3 Å². The average Bonchev–Trinajstić information content (AvgIpc) is 3.22. The van der Waals surface area contributed by atoms with Crippen LogP contribution in [-0.2, 0) is 38.0 Å². The van der Waals surface area contributed by atoms with E-state index in [-0.39, 0.29) is 11.9 Å². The van der Waals surface area contributed by atoms with Crippen molar-refractivity contribution in [3.63, 3.8) is 0 Å². The highest BCUT2D eigenvalue weighted by molar-refractivity contribution is 5.81. The fraction of sp³-hybridized carbons (Fsp3) is 0.870. The van der Waals surface area contributed by atoms with Crippen molar-refractivity contribution in [2.45, 2.75) is 167 Å². The predicted molar refractivity (Wildman–Crippen MR) is 212 cm³/mol. The number of carbonyl (C=O) groups excluding carboxylic acids is 2. The average molecular weight is 757 g/mol. The van der Waals surface area contributed by atoms with Gasteiger partial charge in [-0.25, -0.2) is 9.59 Å². The van der Waals surface area contributed by atoms with Crippen molar-refractivity contribution in [3.8, 4) is 0 Å². The molecule has 1 heterocycles. The molecule has 5 fully saturated rings. The number of rotatable bonds is 22. The predicted octanol–water partition coefficient (Wildman–Crippen LogP) is 10.5. The number of hydrogen-bond acceptors (Lipinski definition) is 8. The van der Waals surface area contributed by atoms with Crippen LogP contribution < -0.4 is 0 Å². The summed E-state index contributed by atoms with van der Waals surface area (Å²) < 4.78 is 35.1. The summed E-state index contributed by atoms with van der Waals surface area (Å²) in [4.78, 5) is 22.4. The lowest BCUT2D eigenvalue weighted by atomic mass is 9.75. The molecule has 0 aromatic carbocycles. The molecule has 8 heteroatoms. The first-order valence-electron chi connectivity index (χ1n) is 22.5. The molecule has 0 amide bonds. The van der Waals surface area contributed by atoms with Gasteiger partial charge in [-0.05, 0) is 98.7 Å². The number of ether oxygens (including phenoxy) is 6. The van der Waals surface area contributed by atoms with Crippen LogP contribution in [0.25, 0.3) is 0 Å². The molecular formula is C46H76O8. The molecule has 1 aliphatic heterocycles. The summed E-state index contributed by atoms with van der Waals surface area (Å²) in [5.41, 5.74) is 0. The molecule has 308 valence electrons. The molecule has 0 unspecified atom stereocenters. The van der Waals surface area contributed by atoms with Gasteiger partial charge in [-0.3, -0.25) is 0 Å². The molecule has 8 nitrogen and oxygen atoms in total. The number of carbonyl (C=O) groups is 2. The number of esters is 2. The monoisotopic (exact) mass is 757 g/mol. The second kappa shape index (κ2) is 24.8. The standard InChI is InChI=1S/C46H76O8/c1-3-43(47)49-29-5-7-35-9-13-37(14-10-35)17-19-39-21-25-41(26-22-39)33-53-45-46(52-32-31-51-45)54-34-42-27-23-40(24-28-42)20-18-38-15-11-36(12-16-38)8-6-30-50-44(48)4-2/h3-4,35-42,45-46H,1-2,5-34H2/t35-,36-,37-,38-,39-,40-,41-,42-,45-,46-/m1/s1. The van der Waals surface area contributed by atoms with Crippen LogP contribution in [-0.4, -0.2) is 64.2 Å². The van der Waals surface area contributed by atoms with Crippen LogP contribution >= 0.6 is 0 Å². The van der Waals surface area contributed by atoms with E-state index in [0.29, 0.717) is 38.3 Å². The van der Waals surface area contributed by atoms with E-state index in [1.807, 2.05) is 0 Å². The maximum atomic E-state index is 11.2. The van der Waals surface area contributed by atoms with Gasteiger partial charge in [-0.2, -0.15) is 0 Å². The lowest BCUT2D eigenvalue weighted by Gasteiger charge is -2.36. The summed E-state index contributed by atoms with van der Waals surface area (Å²) >= 11 is 0. The van der Waals surface area contributed by atoms with Crippen LogP contribution in [0.4, 0.5) is 0 Å². The molecule has 1 saturated heterocycles. The SMILES string of the molecule is C=CC(=O)OCCC[C@H]1CC[C@H](CC[C@H]2CC[C@H](CO[C@H]3OCCO[C@@H]3OC[C@H]3CC[C@H](CC[C@H]4CC[C@H](CCCOC(=O)C=C)CC4)CC3)CC2)CC1. The Morgan fingerprint density at radius 3 is 1.02 bits per heavy atom. The molecule has 5 aliphatic rings. The van der Waals surface area contributed by atoms with E-state index in [2.05, 4.69) is 13.2 Å². The third-order valence-corrected chi connectivity index (χ3v) is 14.0. The minimum absolute atomic E-state index is 0.303. The largest absolute Gasteiger partial charge is 0.463 e. The van der Waals surface area contributed by atoms with E-state index in [0.717, 1.165) is 61.6 Å². The molecule has 4 aliphatic carbocycles. The Balaban J connectivity index is 0.860. The van der Waals surface area contributed by atoms with Gasteiger partial charge in [0.15, 0.2) is 0 Å². The topological polar surface area (TPSA) is 89.5 Å². The van der Waals surface area contributed by atoms with Gasteiger partial charge in [0.25, 0.3) is 0 Å². The zero-order valence-corrected chi connectivity index (χ0v) is 33.8. The highest BCUT2D eigenvalue weighted by atomic mass is 16.8. The Kier molecular flexibility index (Phi) is 19.9. The molecule has 4 saturated carbocycles. The summed E-state index contributed by atoms with van der Waals surface area (Å²) in [7, 11) is 0. The Bertz CT molecular complexity index is 979. The van der Waals surface area contributed by atoms with Crippen molar-refractivity contribution in [2.24, 2.45) is 47.3 Å². The number of hydrogen-bond donors (Lipinski definition) is 0. The fourth-order valence-corrected chi connectivity index (χ4v) is 10.3. The van der Waals surface area contributed by atoms with Crippen molar-refractivity contribution in [3.05, 3.63) is 25.3 Å². The smallest absolute Gasteiger partial charge is 0.330 e. The van der Waals surface area contributed by atoms with E-state index >= 15 is 0 Å². The van der Waals surface area contributed by atoms with Gasteiger partial charge in [-0.1, -0.05) is 116 Å². The summed E-state index contributed by atoms with van der Waals surface area (Å²) in [5, 5.41) is 0. The Morgan fingerprint density at radius 2 is 0.722 bits per heavy atom. The molecule has 5 rings (SSSR count). The van der Waals surface area contributed by atoms with Crippen LogP contribution in [0.3, 0.4) is 0 Å². The Morgan fingerprint density at radius 1 is 0.444 bits per heavy atom. The third-order valence-electron chi connectivity index (χ3n) is 14.0. The van der Waals surface area contributed by atoms with E-state index in [1.54, 1.807) is 0 Å². The fourth-order valence-electron chi connectivity index (χ4n) is 10.3. The van der Waals surface area contributed by atoms with Crippen LogP contribution in [0.5, 0.6) is 0 Å². The minimum Gasteiger partial charge on any atom is -0.463 e. The summed E-state index contributed by atoms with van der Waals surface area (Å²) in [6.07, 6.45) is 32.8. The van der Waals surface area contributed by atoms with E-state index in [1.165, 1.54) is 153 Å². The highest BCUT2D eigenvalue weighted by Gasteiger charge is 2.33. The van der Waals surface area contributed by atoms with Gasteiger partial charge in [0.1, 0.15) is 0 Å². The van der Waals surface area contributed by atoms with Crippen molar-refractivity contribution in [2.75, 3.05) is 39.6 Å². The summed E-state index contributed by atoms with van der Waals surface area (Å²) in [6, 6.07) is 0. The molecule has 0 N–H and O–H groups in total. The van der Waals surface area contributed by atoms with Gasteiger partial charge in [0.2, 0.25) is 12.6 Å². The van der Waals surface area contributed by atoms with E-state index in [4.69, 9.17) is 28.4 Å². The van der Waals surface area contributed by atoms with Crippen molar-refractivity contribution in [1.82, 2.24) is 0 Å². The molecular weight excluding hydrogens is 680 g/mol. The van der Waals surface area contributed by atoms with Crippen molar-refractivity contribution in [1.29, 1.82) is 0 Å². The lowest BCUT2D eigenvalue weighted by Crippen LogP contribution is -2.43. The van der Waals surface area contributed by atoms with Crippen molar-refractivity contribution < 1.29 is 38.0 Å². The summed E-state index contributed by atoms with van der Waals surface area (Å²) in [5.74, 6) is 5.78. The van der Waals surface area contributed by atoms with Crippen LogP contribution in [0.1, 0.15) is 154 Å². The maximum absolute atomic E-state index is 11.2. The van der Waals surface area contributed by atoms with Gasteiger partial charge >= 0.3 is 11.9 Å². The quantitative estimate of drug-likeness (QED) is 0.0613. The Labute approximate surface area is 328 Å². The maximum Gasteiger partial charge on any atom is 0.330 e. The summed E-state index contributed by atoms with van der Waals surface area (Å²) in [6.45, 7) is 10.6. The van der Waals surface area contributed by atoms with Crippen LogP contribution in [0.15, 0.2) is 25.3 Å². The second-order valence-corrected chi connectivity index (χ2v) is 17.9. The molecule has 0 spiro atoms. The molecule has 0 bridgehead atoms. The van der Waals surface area contributed by atoms with E-state index in [9.17, 15) is 9.59 Å². The minimum atomic E-state index is -0.407. The van der Waals surface area contributed by atoms with Gasteiger partial charge in [0, 0.05) is 12.2 Å². The third kappa shape index (κ3) is 16.0. The van der Waals surface area contributed by atoms with Gasteiger partial charge in [-0.15, -0.1) is 0 Å². The normalized spacial score (nSPS) is 33.4. The Hall–Kier alpha value is -1.74. The lowest BCUT2D eigenvalue weighted by molar-refractivity contribution is -0.325.